The van der Waals surface area contributed by atoms with E-state index in [0.29, 0.717) is 0 Å². The zero-order valence-electron chi connectivity index (χ0n) is 11.5. The Morgan fingerprint density at radius 2 is 1.56 bits per heavy atom. The molecule has 0 radical (unpaired) electrons. The Labute approximate surface area is 110 Å². The van der Waals surface area contributed by atoms with Crippen molar-refractivity contribution in [1.29, 1.82) is 0 Å². The highest BCUT2D eigenvalue weighted by Crippen LogP contribution is 2.23. The highest BCUT2D eigenvalue weighted by atomic mass is 28.3. The first-order valence-corrected chi connectivity index (χ1v) is 9.76. The zero-order valence-corrected chi connectivity index (χ0v) is 12.5. The van der Waals surface area contributed by atoms with E-state index in [1.54, 1.807) is 7.11 Å². The molecule has 0 N–H and O–H groups in total. The molecule has 0 aromatic heterocycles. The Balaban J connectivity index is 2.61. The highest BCUT2D eigenvalue weighted by molar-refractivity contribution is 6.89. The van der Waals surface area contributed by atoms with Crippen LogP contribution in [0.3, 0.4) is 0 Å². The van der Waals surface area contributed by atoms with E-state index in [9.17, 15) is 0 Å². The Morgan fingerprint density at radius 3 is 2.11 bits per heavy atom. The fraction of sp³-hybridized carbons (Fsp3) is 0.250. The standard InChI is InChI=1S/C16H20OSi/c1-17-14-10-11-15(13-8-6-5-7-9-13)16(12-14)18(2,3)4/h5-12H,1-4H3. The fourth-order valence-corrected chi connectivity index (χ4v) is 3.75. The lowest BCUT2D eigenvalue weighted by molar-refractivity contribution is 0.415. The van der Waals surface area contributed by atoms with Crippen LogP contribution in [0.2, 0.25) is 19.6 Å². The number of ether oxygens (including phenoxy) is 1. The maximum atomic E-state index is 5.36. The van der Waals surface area contributed by atoms with Crippen LogP contribution >= 0.6 is 0 Å². The summed E-state index contributed by atoms with van der Waals surface area (Å²) in [4.78, 5) is 0. The second-order valence-electron chi connectivity index (χ2n) is 5.53. The van der Waals surface area contributed by atoms with E-state index in [-0.39, 0.29) is 0 Å². The van der Waals surface area contributed by atoms with Crippen molar-refractivity contribution in [1.82, 2.24) is 0 Å². The summed E-state index contributed by atoms with van der Waals surface area (Å²) in [5.41, 5.74) is 2.63. The molecular formula is C16H20OSi. The van der Waals surface area contributed by atoms with Gasteiger partial charge >= 0.3 is 0 Å². The van der Waals surface area contributed by atoms with Crippen LogP contribution < -0.4 is 9.92 Å². The first kappa shape index (κ1) is 12.9. The van der Waals surface area contributed by atoms with Crippen LogP contribution in [0, 0.1) is 0 Å². The van der Waals surface area contributed by atoms with Gasteiger partial charge in [-0.25, -0.2) is 0 Å². The molecule has 0 saturated heterocycles. The van der Waals surface area contributed by atoms with Gasteiger partial charge in [0.2, 0.25) is 0 Å². The van der Waals surface area contributed by atoms with Gasteiger partial charge in [-0.3, -0.25) is 0 Å². The van der Waals surface area contributed by atoms with Crippen molar-refractivity contribution in [3.05, 3.63) is 48.5 Å². The largest absolute Gasteiger partial charge is 0.497 e. The molecule has 0 unspecified atom stereocenters. The minimum atomic E-state index is -1.39. The third-order valence-corrected chi connectivity index (χ3v) is 5.15. The van der Waals surface area contributed by atoms with Crippen molar-refractivity contribution >= 4 is 13.3 Å². The molecule has 0 saturated carbocycles. The molecule has 0 spiro atoms. The number of hydrogen-bond donors (Lipinski definition) is 0. The molecule has 18 heavy (non-hydrogen) atoms. The summed E-state index contributed by atoms with van der Waals surface area (Å²) in [6.07, 6.45) is 0. The molecule has 2 aromatic carbocycles. The van der Waals surface area contributed by atoms with Crippen molar-refractivity contribution < 1.29 is 4.74 Å². The topological polar surface area (TPSA) is 9.23 Å². The summed E-state index contributed by atoms with van der Waals surface area (Å²) < 4.78 is 5.36. The third kappa shape index (κ3) is 2.65. The Bertz CT molecular complexity index is 527. The first-order chi connectivity index (χ1) is 8.52. The van der Waals surface area contributed by atoms with E-state index < -0.39 is 8.07 Å². The van der Waals surface area contributed by atoms with Gasteiger partial charge in [0.15, 0.2) is 0 Å². The summed E-state index contributed by atoms with van der Waals surface area (Å²) in [6, 6.07) is 17.0. The molecule has 0 heterocycles. The number of methoxy groups -OCH3 is 1. The van der Waals surface area contributed by atoms with Crippen LogP contribution in [0.25, 0.3) is 11.1 Å². The van der Waals surface area contributed by atoms with Gasteiger partial charge in [0.1, 0.15) is 5.75 Å². The van der Waals surface area contributed by atoms with Crippen LogP contribution in [0.5, 0.6) is 5.75 Å². The lowest BCUT2D eigenvalue weighted by atomic mass is 10.1. The maximum absolute atomic E-state index is 5.36. The van der Waals surface area contributed by atoms with Crippen molar-refractivity contribution in [3.63, 3.8) is 0 Å². The predicted octanol–water partition coefficient (Wildman–Crippen LogP) is 3.91. The van der Waals surface area contributed by atoms with Gasteiger partial charge in [-0.1, -0.05) is 56.0 Å². The minimum absolute atomic E-state index is 0.951. The molecular weight excluding hydrogens is 236 g/mol. The van der Waals surface area contributed by atoms with Crippen molar-refractivity contribution in [3.8, 4) is 16.9 Å². The summed E-state index contributed by atoms with van der Waals surface area (Å²) in [5.74, 6) is 0.951. The third-order valence-electron chi connectivity index (χ3n) is 3.12. The average Bonchev–Trinajstić information content (AvgIpc) is 2.38. The van der Waals surface area contributed by atoms with Gasteiger partial charge < -0.3 is 4.74 Å². The monoisotopic (exact) mass is 256 g/mol. The zero-order chi connectivity index (χ0) is 13.2. The molecule has 1 nitrogen and oxygen atoms in total. The van der Waals surface area contributed by atoms with Gasteiger partial charge in [-0.2, -0.15) is 0 Å². The van der Waals surface area contributed by atoms with Gasteiger partial charge in [-0.15, -0.1) is 0 Å². The van der Waals surface area contributed by atoms with Crippen LogP contribution in [0.1, 0.15) is 0 Å². The van der Waals surface area contributed by atoms with Crippen LogP contribution in [0.4, 0.5) is 0 Å². The molecule has 0 atom stereocenters. The molecule has 0 fully saturated rings. The number of benzene rings is 2. The van der Waals surface area contributed by atoms with Crippen molar-refractivity contribution in [2.45, 2.75) is 19.6 Å². The van der Waals surface area contributed by atoms with E-state index in [1.165, 1.54) is 16.3 Å². The van der Waals surface area contributed by atoms with Crippen molar-refractivity contribution in [2.24, 2.45) is 0 Å². The molecule has 94 valence electrons. The van der Waals surface area contributed by atoms with E-state index in [0.717, 1.165) is 5.75 Å². The molecule has 2 aromatic rings. The first-order valence-electron chi connectivity index (χ1n) is 6.26. The van der Waals surface area contributed by atoms with Crippen LogP contribution in [-0.2, 0) is 0 Å². The molecule has 0 aliphatic rings. The minimum Gasteiger partial charge on any atom is -0.497 e. The Hall–Kier alpha value is -1.54. The molecule has 2 heteroatoms. The van der Waals surface area contributed by atoms with E-state index in [2.05, 4.69) is 62.1 Å². The number of rotatable bonds is 3. The lowest BCUT2D eigenvalue weighted by Gasteiger charge is -2.22. The number of hydrogen-bond acceptors (Lipinski definition) is 1. The average molecular weight is 256 g/mol. The van der Waals surface area contributed by atoms with Gasteiger partial charge in [0.25, 0.3) is 0 Å². The lowest BCUT2D eigenvalue weighted by Crippen LogP contribution is -2.39. The summed E-state index contributed by atoms with van der Waals surface area (Å²) >= 11 is 0. The van der Waals surface area contributed by atoms with Gasteiger partial charge in [-0.05, 0) is 28.4 Å². The molecule has 0 bridgehead atoms. The van der Waals surface area contributed by atoms with Crippen LogP contribution in [-0.4, -0.2) is 15.2 Å². The second-order valence-corrected chi connectivity index (χ2v) is 10.6. The van der Waals surface area contributed by atoms with Gasteiger partial charge in [0, 0.05) is 0 Å². The molecule has 0 aliphatic carbocycles. The van der Waals surface area contributed by atoms with Crippen molar-refractivity contribution in [2.75, 3.05) is 7.11 Å². The summed E-state index contributed by atoms with van der Waals surface area (Å²) in [7, 11) is 0.339. The Morgan fingerprint density at radius 1 is 0.889 bits per heavy atom. The molecule has 2 rings (SSSR count). The van der Waals surface area contributed by atoms with Crippen LogP contribution in [0.15, 0.2) is 48.5 Å². The fourth-order valence-electron chi connectivity index (χ4n) is 2.14. The highest BCUT2D eigenvalue weighted by Gasteiger charge is 2.21. The quantitative estimate of drug-likeness (QED) is 0.757. The second kappa shape index (κ2) is 4.98. The molecule has 0 aliphatic heterocycles. The SMILES string of the molecule is COc1ccc(-c2ccccc2)c([Si](C)(C)C)c1. The van der Waals surface area contributed by atoms with Gasteiger partial charge in [0.05, 0.1) is 15.2 Å². The van der Waals surface area contributed by atoms with E-state index in [4.69, 9.17) is 4.74 Å². The Kier molecular flexibility index (Phi) is 3.57. The maximum Gasteiger partial charge on any atom is 0.118 e. The molecule has 0 amide bonds. The normalized spacial score (nSPS) is 11.3. The summed E-state index contributed by atoms with van der Waals surface area (Å²) in [5, 5.41) is 1.45. The predicted molar refractivity (Wildman–Crippen MR) is 81.4 cm³/mol. The smallest absolute Gasteiger partial charge is 0.118 e. The van der Waals surface area contributed by atoms with E-state index >= 15 is 0 Å². The summed E-state index contributed by atoms with van der Waals surface area (Å²) in [6.45, 7) is 7.11. The van der Waals surface area contributed by atoms with E-state index in [1.807, 2.05) is 6.07 Å².